The highest BCUT2D eigenvalue weighted by atomic mass is 35.5. The third kappa shape index (κ3) is 10.8. The van der Waals surface area contributed by atoms with Gasteiger partial charge in [0.15, 0.2) is 23.9 Å². The molecular formula is C53H58ClN9O7S2. The van der Waals surface area contributed by atoms with Crippen molar-refractivity contribution in [1.82, 2.24) is 40.6 Å². The molecule has 9 rings (SSSR count). The summed E-state index contributed by atoms with van der Waals surface area (Å²) in [7, 11) is 0. The van der Waals surface area contributed by atoms with Crippen molar-refractivity contribution in [2.45, 2.75) is 117 Å². The van der Waals surface area contributed by atoms with Crippen LogP contribution in [0.25, 0.3) is 15.4 Å². The Morgan fingerprint density at radius 1 is 0.903 bits per heavy atom. The van der Waals surface area contributed by atoms with E-state index in [-0.39, 0.29) is 49.9 Å². The summed E-state index contributed by atoms with van der Waals surface area (Å²) in [5.74, 6) is 0.510. The van der Waals surface area contributed by atoms with Crippen molar-refractivity contribution in [2.24, 2.45) is 10.4 Å². The zero-order chi connectivity index (χ0) is 51.0. The fraction of sp³-hybridized carbons (Fsp3) is 0.396. The van der Waals surface area contributed by atoms with E-state index in [1.165, 1.54) is 4.90 Å². The van der Waals surface area contributed by atoms with Gasteiger partial charge in [-0.2, -0.15) is 0 Å². The number of thiazole rings is 1. The van der Waals surface area contributed by atoms with Gasteiger partial charge in [-0.25, -0.2) is 4.98 Å². The molecule has 1 saturated heterocycles. The highest BCUT2D eigenvalue weighted by molar-refractivity contribution is 7.15. The number of para-hydroxylation sites is 2. The Bertz CT molecular complexity index is 3030. The summed E-state index contributed by atoms with van der Waals surface area (Å²) < 4.78 is 14.4. The quantitative estimate of drug-likeness (QED) is 0.0797. The minimum absolute atomic E-state index is 0.0457. The van der Waals surface area contributed by atoms with Gasteiger partial charge in [-0.3, -0.25) is 28.7 Å². The van der Waals surface area contributed by atoms with Crippen molar-refractivity contribution in [1.29, 1.82) is 0 Å². The first kappa shape index (κ1) is 50.5. The topological polar surface area (TPSA) is 202 Å². The summed E-state index contributed by atoms with van der Waals surface area (Å²) in [6.07, 6.45) is 0.108. The monoisotopic (exact) mass is 1030 g/mol. The van der Waals surface area contributed by atoms with Gasteiger partial charge in [0.05, 0.1) is 34.3 Å². The molecule has 1 aliphatic carbocycles. The Morgan fingerprint density at radius 2 is 1.61 bits per heavy atom. The molecule has 16 nitrogen and oxygen atoms in total. The Morgan fingerprint density at radius 3 is 2.31 bits per heavy atom. The maximum Gasteiger partial charge on any atom is 0.258 e. The minimum Gasteiger partial charge on any atom is -0.486 e. The SMILES string of the molecule is Cc1ncsc1-c1ccc(CNC(=O)[C@@H]2C[C@@H](O)CN2C(=O)C(NC(=O)COc2ccccc2OC2CC(NC(=O)C[C@@H]3N=C(c4ccc(Cl)cc4)c4c(sc(C)c4C)-n4c(C)nnc43)C2)C(C)(C)C)cc1. The third-order valence-electron chi connectivity index (χ3n) is 13.4. The van der Waals surface area contributed by atoms with Crippen LogP contribution in [0.15, 0.2) is 83.3 Å². The number of hydrogen-bond acceptors (Lipinski definition) is 13. The van der Waals surface area contributed by atoms with Crippen molar-refractivity contribution >= 4 is 63.6 Å². The third-order valence-corrected chi connectivity index (χ3v) is 15.8. The van der Waals surface area contributed by atoms with Crippen molar-refractivity contribution < 1.29 is 33.8 Å². The molecule has 4 amide bonds. The van der Waals surface area contributed by atoms with Crippen LogP contribution in [0.5, 0.6) is 11.5 Å². The number of fused-ring (bicyclic) bond motifs is 3. The predicted octanol–water partition coefficient (Wildman–Crippen LogP) is 7.54. The molecule has 0 bridgehead atoms. The van der Waals surface area contributed by atoms with Crippen LogP contribution in [-0.4, -0.2) is 103 Å². The molecule has 2 aliphatic heterocycles. The lowest BCUT2D eigenvalue weighted by Crippen LogP contribution is -2.58. The number of nitrogens with zero attached hydrogens (tertiary/aromatic N) is 6. The summed E-state index contributed by atoms with van der Waals surface area (Å²) in [6, 6.07) is 19.8. The lowest BCUT2D eigenvalue weighted by molar-refractivity contribution is -0.144. The van der Waals surface area contributed by atoms with E-state index in [1.807, 2.05) is 93.2 Å². The fourth-order valence-corrected chi connectivity index (χ4v) is 11.5. The molecule has 0 radical (unpaired) electrons. The van der Waals surface area contributed by atoms with Crippen LogP contribution in [-0.2, 0) is 25.7 Å². The molecule has 72 heavy (non-hydrogen) atoms. The Balaban J connectivity index is 0.781. The first-order valence-corrected chi connectivity index (χ1v) is 26.1. The number of amides is 4. The number of hydrogen-bond donors (Lipinski definition) is 4. The zero-order valence-electron chi connectivity index (χ0n) is 41.2. The van der Waals surface area contributed by atoms with E-state index in [2.05, 4.69) is 45.0 Å². The number of thiophene rings is 1. The molecule has 1 unspecified atom stereocenters. The number of carbonyl (C=O) groups is 4. The minimum atomic E-state index is -1.03. The van der Waals surface area contributed by atoms with E-state index >= 15 is 0 Å². The number of rotatable bonds is 15. The largest absolute Gasteiger partial charge is 0.486 e. The van der Waals surface area contributed by atoms with Gasteiger partial charge in [0.1, 0.15) is 35.1 Å². The number of aliphatic hydroxyl groups is 1. The van der Waals surface area contributed by atoms with Gasteiger partial charge in [-0.05, 0) is 74.1 Å². The van der Waals surface area contributed by atoms with Gasteiger partial charge < -0.3 is 35.4 Å². The summed E-state index contributed by atoms with van der Waals surface area (Å²) in [6.45, 7) is 13.3. The van der Waals surface area contributed by atoms with Gasteiger partial charge in [0.2, 0.25) is 17.7 Å². The Hall–Kier alpha value is -6.47. The molecule has 0 spiro atoms. The molecule has 2 fully saturated rings. The van der Waals surface area contributed by atoms with E-state index in [0.29, 0.717) is 41.0 Å². The first-order chi connectivity index (χ1) is 34.4. The van der Waals surface area contributed by atoms with E-state index in [0.717, 1.165) is 54.0 Å². The first-order valence-electron chi connectivity index (χ1n) is 24.0. The standard InChI is InChI=1S/C53H58ClN9O7S2/c1-28-30(3)72-52-45(28)46(33-16-18-35(54)19-17-33)58-39(49-61-60-31(4)63(49)52)23-43(65)57-36-20-38(21-36)70-42-11-9-8-10-41(42)69-26-44(66)59-48(53(5,6)7)51(68)62-25-37(64)22-40(62)50(67)55-24-32-12-14-34(15-13-32)47-29(2)56-27-71-47/h8-19,27,36-40,48,64H,20-26H2,1-7H3,(H,55,67)(H,57,65)(H,59,66)/t36?,37-,38?,39+,40+,48?/m1/s1. The van der Waals surface area contributed by atoms with Crippen LogP contribution in [0, 0.1) is 33.1 Å². The van der Waals surface area contributed by atoms with E-state index in [9.17, 15) is 24.3 Å². The van der Waals surface area contributed by atoms with E-state index < -0.39 is 48.1 Å². The summed E-state index contributed by atoms with van der Waals surface area (Å²) >= 11 is 9.50. The second-order valence-corrected chi connectivity index (χ2v) is 22.3. The summed E-state index contributed by atoms with van der Waals surface area (Å²) in [4.78, 5) is 68.3. The number of aliphatic imine (C=N–C) groups is 1. The molecule has 6 aromatic rings. The van der Waals surface area contributed by atoms with Crippen molar-refractivity contribution in [3.8, 4) is 26.9 Å². The van der Waals surface area contributed by atoms with Crippen LogP contribution in [0.1, 0.15) is 97.0 Å². The summed E-state index contributed by atoms with van der Waals surface area (Å²) in [5, 5.41) is 30.2. The lowest BCUT2D eigenvalue weighted by atomic mass is 9.85. The molecule has 376 valence electrons. The van der Waals surface area contributed by atoms with E-state index in [4.69, 9.17) is 26.1 Å². The number of β-amino-alcohol motifs (C(OH)–C–C–N with tert-alkyl or cyclic N) is 1. The number of aliphatic hydroxyl groups excluding tert-OH is 1. The Labute approximate surface area is 431 Å². The molecule has 5 heterocycles. The molecule has 1 saturated carbocycles. The summed E-state index contributed by atoms with van der Waals surface area (Å²) in [5.41, 5.74) is 7.70. The van der Waals surface area contributed by atoms with Gasteiger partial charge in [0, 0.05) is 59.4 Å². The maximum absolute atomic E-state index is 14.2. The van der Waals surface area contributed by atoms with Gasteiger partial charge in [-0.15, -0.1) is 32.9 Å². The zero-order valence-corrected chi connectivity index (χ0v) is 43.6. The smallest absolute Gasteiger partial charge is 0.258 e. The molecule has 4 atom stereocenters. The number of likely N-dealkylation sites (tertiary alicyclic amines) is 1. The van der Waals surface area contributed by atoms with Gasteiger partial charge in [0.25, 0.3) is 5.91 Å². The number of benzene rings is 3. The highest BCUT2D eigenvalue weighted by Crippen LogP contribution is 2.40. The second-order valence-electron chi connectivity index (χ2n) is 19.8. The lowest BCUT2D eigenvalue weighted by Gasteiger charge is -2.36. The number of aromatic nitrogens is 4. The average molecular weight is 1030 g/mol. The van der Waals surface area contributed by atoms with Crippen molar-refractivity contribution in [3.05, 3.63) is 128 Å². The van der Waals surface area contributed by atoms with Crippen molar-refractivity contribution in [2.75, 3.05) is 13.2 Å². The van der Waals surface area contributed by atoms with Crippen LogP contribution in [0.2, 0.25) is 5.02 Å². The Kier molecular flexibility index (Phi) is 14.7. The number of ether oxygens (including phenoxy) is 2. The van der Waals surface area contributed by atoms with E-state index in [1.54, 1.807) is 46.9 Å². The van der Waals surface area contributed by atoms with Crippen LogP contribution < -0.4 is 25.4 Å². The van der Waals surface area contributed by atoms with Crippen LogP contribution in [0.4, 0.5) is 0 Å². The number of nitrogens with one attached hydrogen (secondary N) is 3. The normalized spacial score (nSPS) is 19.8. The maximum atomic E-state index is 14.2. The van der Waals surface area contributed by atoms with Crippen LogP contribution in [0.3, 0.4) is 0 Å². The molecule has 4 N–H and O–H groups in total. The molecule has 3 aromatic heterocycles. The number of halogens is 1. The fourth-order valence-electron chi connectivity index (χ4n) is 9.35. The predicted molar refractivity (Wildman–Crippen MR) is 277 cm³/mol. The number of carbonyl (C=O) groups excluding carboxylic acids is 4. The molecule has 3 aromatic carbocycles. The molecule has 3 aliphatic rings. The van der Waals surface area contributed by atoms with Gasteiger partial charge in [-0.1, -0.05) is 80.9 Å². The van der Waals surface area contributed by atoms with Gasteiger partial charge >= 0.3 is 0 Å². The highest BCUT2D eigenvalue weighted by Gasteiger charge is 2.45. The van der Waals surface area contributed by atoms with Crippen molar-refractivity contribution in [3.63, 3.8) is 0 Å². The molecular weight excluding hydrogens is 974 g/mol. The average Bonchev–Trinajstić information content (AvgIpc) is 4.11. The molecule has 19 heteroatoms. The number of aryl methyl sites for hydroxylation is 3. The van der Waals surface area contributed by atoms with Crippen LogP contribution >= 0.6 is 34.3 Å². The second kappa shape index (κ2) is 20.9.